The molecule has 2 aliphatic heterocycles. The van der Waals surface area contributed by atoms with E-state index in [2.05, 4.69) is 16.4 Å². The van der Waals surface area contributed by atoms with Gasteiger partial charge in [0.2, 0.25) is 0 Å². The number of piperidine rings is 1. The third kappa shape index (κ3) is 3.37. The van der Waals surface area contributed by atoms with E-state index in [0.29, 0.717) is 24.0 Å². The molecular weight excluding hydrogens is 421 g/mol. The Labute approximate surface area is 187 Å². The highest BCUT2D eigenvalue weighted by Crippen LogP contribution is 2.33. The topological polar surface area (TPSA) is 62.5 Å². The molecule has 2 aromatic heterocycles. The van der Waals surface area contributed by atoms with Gasteiger partial charge in [-0.25, -0.2) is 9.50 Å². The number of carbonyl (C=O) groups excluding carboxylic acids is 1. The molecule has 6 nitrogen and oxygen atoms in total. The minimum atomic E-state index is 0. The molecule has 3 aromatic rings. The van der Waals surface area contributed by atoms with Gasteiger partial charge in [-0.1, -0.05) is 29.8 Å². The van der Waals surface area contributed by atoms with Crippen LogP contribution >= 0.6 is 24.0 Å². The number of hydrogen-bond donors (Lipinski definition) is 1. The molecule has 0 bridgehead atoms. The highest BCUT2D eigenvalue weighted by atomic mass is 35.5. The van der Waals surface area contributed by atoms with E-state index in [0.717, 1.165) is 59.8 Å². The molecule has 0 aliphatic carbocycles. The van der Waals surface area contributed by atoms with Crippen molar-refractivity contribution in [2.75, 3.05) is 13.1 Å². The largest absolute Gasteiger partial charge is 0.328 e. The number of fused-ring (bicyclic) bond motifs is 3. The number of aryl methyl sites for hydroxylation is 2. The van der Waals surface area contributed by atoms with Gasteiger partial charge in [-0.3, -0.25) is 4.79 Å². The van der Waals surface area contributed by atoms with Crippen molar-refractivity contribution in [1.82, 2.24) is 24.8 Å². The van der Waals surface area contributed by atoms with E-state index in [1.165, 1.54) is 5.56 Å². The van der Waals surface area contributed by atoms with Crippen LogP contribution in [0, 0.1) is 13.8 Å². The van der Waals surface area contributed by atoms with Crippen LogP contribution in [0.5, 0.6) is 0 Å². The van der Waals surface area contributed by atoms with Crippen LogP contribution in [0.3, 0.4) is 0 Å². The van der Waals surface area contributed by atoms with Gasteiger partial charge in [0.15, 0.2) is 5.65 Å². The van der Waals surface area contributed by atoms with Crippen LogP contribution in [0.15, 0.2) is 24.3 Å². The van der Waals surface area contributed by atoms with E-state index < -0.39 is 0 Å². The van der Waals surface area contributed by atoms with Crippen molar-refractivity contribution in [2.45, 2.75) is 45.7 Å². The molecule has 8 heteroatoms. The zero-order valence-corrected chi connectivity index (χ0v) is 18.7. The molecule has 0 radical (unpaired) electrons. The molecule has 158 valence electrons. The van der Waals surface area contributed by atoms with Crippen LogP contribution in [0.4, 0.5) is 0 Å². The summed E-state index contributed by atoms with van der Waals surface area (Å²) in [6.07, 6.45) is 2.14. The summed E-state index contributed by atoms with van der Waals surface area (Å²) in [5.41, 5.74) is 6.43. The second kappa shape index (κ2) is 8.17. The SMILES string of the molecule is Cc1nc2c3c(nn2c(C)c1Cl)CN(C(=O)c1ccccc1C1CCNCC1)C3.Cl. The molecule has 1 amide bonds. The van der Waals surface area contributed by atoms with Crippen molar-refractivity contribution in [3.63, 3.8) is 0 Å². The summed E-state index contributed by atoms with van der Waals surface area (Å²) in [6.45, 7) is 6.91. The number of carbonyl (C=O) groups is 1. The second-order valence-corrected chi connectivity index (χ2v) is 8.41. The summed E-state index contributed by atoms with van der Waals surface area (Å²) in [5.74, 6) is 0.520. The summed E-state index contributed by atoms with van der Waals surface area (Å²) in [6, 6.07) is 8.08. The first-order valence-electron chi connectivity index (χ1n) is 10.2. The fourth-order valence-corrected chi connectivity index (χ4v) is 4.73. The van der Waals surface area contributed by atoms with Crippen LogP contribution in [-0.4, -0.2) is 38.5 Å². The van der Waals surface area contributed by atoms with Gasteiger partial charge in [-0.2, -0.15) is 5.10 Å². The molecule has 30 heavy (non-hydrogen) atoms. The smallest absolute Gasteiger partial charge is 0.254 e. The molecule has 2 aliphatic rings. The highest BCUT2D eigenvalue weighted by molar-refractivity contribution is 6.31. The van der Waals surface area contributed by atoms with Crippen molar-refractivity contribution < 1.29 is 4.79 Å². The van der Waals surface area contributed by atoms with E-state index in [9.17, 15) is 4.79 Å². The zero-order chi connectivity index (χ0) is 20.1. The van der Waals surface area contributed by atoms with Gasteiger partial charge >= 0.3 is 0 Å². The Bertz CT molecular complexity index is 1120. The first-order valence-corrected chi connectivity index (χ1v) is 10.5. The number of hydrogen-bond acceptors (Lipinski definition) is 4. The van der Waals surface area contributed by atoms with Crippen LogP contribution in [0.1, 0.15) is 57.3 Å². The van der Waals surface area contributed by atoms with Gasteiger partial charge in [-0.05, 0) is 57.3 Å². The Morgan fingerprint density at radius 3 is 2.67 bits per heavy atom. The van der Waals surface area contributed by atoms with Crippen molar-refractivity contribution in [3.05, 3.63) is 63.1 Å². The lowest BCUT2D eigenvalue weighted by molar-refractivity contribution is 0.0748. The number of halogens is 2. The Kier molecular flexibility index (Phi) is 5.75. The molecule has 1 fully saturated rings. The normalized spacial score (nSPS) is 16.6. The standard InChI is InChI=1S/C22H24ClN5O.ClH/c1-13-20(23)14(2)28-21(25-13)18-11-27(12-19(18)26-28)22(29)17-6-4-3-5-16(17)15-7-9-24-10-8-15;/h3-6,15,24H,7-12H2,1-2H3;1H. The van der Waals surface area contributed by atoms with Gasteiger partial charge in [0.25, 0.3) is 5.91 Å². The van der Waals surface area contributed by atoms with Crippen molar-refractivity contribution in [1.29, 1.82) is 0 Å². The van der Waals surface area contributed by atoms with Gasteiger partial charge in [0, 0.05) is 11.1 Å². The zero-order valence-electron chi connectivity index (χ0n) is 17.1. The lowest BCUT2D eigenvalue weighted by atomic mass is 9.87. The second-order valence-electron chi connectivity index (χ2n) is 8.03. The molecule has 0 atom stereocenters. The third-order valence-corrected chi connectivity index (χ3v) is 6.76. The molecule has 0 unspecified atom stereocenters. The summed E-state index contributed by atoms with van der Waals surface area (Å²) >= 11 is 6.34. The summed E-state index contributed by atoms with van der Waals surface area (Å²) in [7, 11) is 0. The van der Waals surface area contributed by atoms with E-state index >= 15 is 0 Å². The molecule has 1 saturated heterocycles. The Hall–Kier alpha value is -2.15. The van der Waals surface area contributed by atoms with Gasteiger partial charge in [0.05, 0.1) is 35.2 Å². The monoisotopic (exact) mass is 445 g/mol. The van der Waals surface area contributed by atoms with E-state index in [-0.39, 0.29) is 18.3 Å². The predicted octanol–water partition coefficient (Wildman–Crippen LogP) is 4.04. The Balaban J connectivity index is 0.00000218. The van der Waals surface area contributed by atoms with E-state index in [4.69, 9.17) is 16.7 Å². The summed E-state index contributed by atoms with van der Waals surface area (Å²) in [5, 5.41) is 8.75. The molecule has 0 saturated carbocycles. The average Bonchev–Trinajstić information content (AvgIpc) is 3.31. The Morgan fingerprint density at radius 1 is 1.17 bits per heavy atom. The minimum absolute atomic E-state index is 0. The van der Waals surface area contributed by atoms with Crippen molar-refractivity contribution >= 4 is 35.6 Å². The maximum atomic E-state index is 13.4. The number of benzene rings is 1. The van der Waals surface area contributed by atoms with Gasteiger partial charge < -0.3 is 10.2 Å². The molecular formula is C22H25Cl2N5O. The third-order valence-electron chi connectivity index (χ3n) is 6.21. The summed E-state index contributed by atoms with van der Waals surface area (Å²) < 4.78 is 1.81. The quantitative estimate of drug-likeness (QED) is 0.646. The summed E-state index contributed by atoms with van der Waals surface area (Å²) in [4.78, 5) is 20.0. The number of rotatable bonds is 2. The molecule has 4 heterocycles. The minimum Gasteiger partial charge on any atom is -0.328 e. The maximum Gasteiger partial charge on any atom is 0.254 e. The number of nitrogens with zero attached hydrogens (tertiary/aromatic N) is 4. The number of amides is 1. The van der Waals surface area contributed by atoms with E-state index in [1.807, 2.05) is 41.5 Å². The lowest BCUT2D eigenvalue weighted by Gasteiger charge is -2.26. The van der Waals surface area contributed by atoms with Gasteiger partial charge in [0.1, 0.15) is 0 Å². The number of nitrogens with one attached hydrogen (secondary N) is 1. The molecule has 1 N–H and O–H groups in total. The first-order chi connectivity index (χ1) is 14.0. The van der Waals surface area contributed by atoms with Crippen molar-refractivity contribution in [3.8, 4) is 0 Å². The molecule has 0 spiro atoms. The maximum absolute atomic E-state index is 13.4. The highest BCUT2D eigenvalue weighted by Gasteiger charge is 2.32. The predicted molar refractivity (Wildman–Crippen MR) is 120 cm³/mol. The van der Waals surface area contributed by atoms with Crippen LogP contribution in [0.2, 0.25) is 5.02 Å². The van der Waals surface area contributed by atoms with Crippen LogP contribution in [0.25, 0.3) is 5.65 Å². The lowest BCUT2D eigenvalue weighted by Crippen LogP contribution is -2.30. The van der Waals surface area contributed by atoms with Crippen LogP contribution < -0.4 is 5.32 Å². The van der Waals surface area contributed by atoms with Crippen molar-refractivity contribution in [2.24, 2.45) is 0 Å². The molecule has 1 aromatic carbocycles. The Morgan fingerprint density at radius 2 is 1.90 bits per heavy atom. The first kappa shape index (κ1) is 21.1. The number of aromatic nitrogens is 3. The average molecular weight is 446 g/mol. The van der Waals surface area contributed by atoms with E-state index in [1.54, 1.807) is 0 Å². The fourth-order valence-electron chi connectivity index (χ4n) is 4.61. The fraction of sp³-hybridized carbons (Fsp3) is 0.409. The van der Waals surface area contributed by atoms with Gasteiger partial charge in [-0.15, -0.1) is 12.4 Å². The molecule has 5 rings (SSSR count). The van der Waals surface area contributed by atoms with Crippen LogP contribution in [-0.2, 0) is 13.1 Å².